The predicted octanol–water partition coefficient (Wildman–Crippen LogP) is 2.02. The summed E-state index contributed by atoms with van der Waals surface area (Å²) in [7, 11) is 0. The number of hydrogen-bond acceptors (Lipinski definition) is 4. The van der Waals surface area contributed by atoms with E-state index in [9.17, 15) is 9.59 Å². The molecule has 6 nitrogen and oxygen atoms in total. The van der Waals surface area contributed by atoms with Gasteiger partial charge in [-0.1, -0.05) is 6.08 Å². The van der Waals surface area contributed by atoms with E-state index in [0.29, 0.717) is 17.6 Å². The molecule has 1 N–H and O–H groups in total. The number of hydrogen-bond donors (Lipinski definition) is 1. The van der Waals surface area contributed by atoms with E-state index in [1.807, 2.05) is 20.8 Å². The summed E-state index contributed by atoms with van der Waals surface area (Å²) >= 11 is 0. The molecule has 2 rings (SSSR count). The van der Waals surface area contributed by atoms with Crippen molar-refractivity contribution in [2.45, 2.75) is 27.3 Å². The zero-order valence-corrected chi connectivity index (χ0v) is 12.8. The fraction of sp³-hybridized carbons (Fsp3) is 0.250. The normalized spacial score (nSPS) is 11.6. The number of hydrazone groups is 1. The molecule has 0 saturated carbocycles. The number of nitrogens with zero attached hydrogens (tertiary/aromatic N) is 3. The molecule has 0 radical (unpaired) electrons. The topological polar surface area (TPSA) is 76.3 Å². The number of nitrogens with one attached hydrogen (secondary N) is 1. The van der Waals surface area contributed by atoms with Gasteiger partial charge in [-0.25, -0.2) is 10.4 Å². The Morgan fingerprint density at radius 3 is 2.91 bits per heavy atom. The summed E-state index contributed by atoms with van der Waals surface area (Å²) in [4.78, 5) is 29.0. The molecule has 2 heterocycles. The van der Waals surface area contributed by atoms with Crippen LogP contribution in [0.5, 0.6) is 0 Å². The van der Waals surface area contributed by atoms with Crippen LogP contribution >= 0.6 is 0 Å². The molecule has 0 aliphatic rings. The first-order valence-corrected chi connectivity index (χ1v) is 7.04. The summed E-state index contributed by atoms with van der Waals surface area (Å²) in [6.07, 6.45) is 6.43. The van der Waals surface area contributed by atoms with Crippen LogP contribution in [0.25, 0.3) is 11.0 Å². The van der Waals surface area contributed by atoms with E-state index in [1.165, 1.54) is 12.4 Å². The van der Waals surface area contributed by atoms with E-state index >= 15 is 0 Å². The van der Waals surface area contributed by atoms with Crippen molar-refractivity contribution in [1.29, 1.82) is 0 Å². The summed E-state index contributed by atoms with van der Waals surface area (Å²) in [5.41, 5.74) is 3.47. The number of rotatable bonds is 4. The molecule has 114 valence electrons. The summed E-state index contributed by atoms with van der Waals surface area (Å²) in [5, 5.41) is 4.18. The number of pyridine rings is 2. The van der Waals surface area contributed by atoms with Crippen LogP contribution < -0.4 is 10.9 Å². The molecule has 2 aromatic rings. The van der Waals surface area contributed by atoms with Crippen molar-refractivity contribution in [3.8, 4) is 0 Å². The Kier molecular flexibility index (Phi) is 4.83. The van der Waals surface area contributed by atoms with Crippen LogP contribution in [0, 0.1) is 6.92 Å². The van der Waals surface area contributed by atoms with Crippen LogP contribution in [0.15, 0.2) is 40.4 Å². The van der Waals surface area contributed by atoms with Gasteiger partial charge in [0.2, 0.25) is 5.43 Å². The molecule has 0 aromatic carbocycles. The summed E-state index contributed by atoms with van der Waals surface area (Å²) < 4.78 is 1.79. The van der Waals surface area contributed by atoms with Crippen LogP contribution in [0.4, 0.5) is 0 Å². The molecule has 0 bridgehead atoms. The largest absolute Gasteiger partial charge is 0.332 e. The number of carbonyl (C=O) groups is 1. The minimum Gasteiger partial charge on any atom is -0.332 e. The Hall–Kier alpha value is -2.76. The monoisotopic (exact) mass is 298 g/mol. The third-order valence-corrected chi connectivity index (χ3v) is 3.17. The molecule has 0 unspecified atom stereocenters. The molecule has 22 heavy (non-hydrogen) atoms. The molecule has 0 aliphatic heterocycles. The van der Waals surface area contributed by atoms with Crippen LogP contribution in [0.3, 0.4) is 0 Å². The Labute approximate surface area is 128 Å². The first-order valence-electron chi connectivity index (χ1n) is 7.04. The van der Waals surface area contributed by atoms with Crippen molar-refractivity contribution >= 4 is 23.2 Å². The van der Waals surface area contributed by atoms with Crippen LogP contribution in [0.2, 0.25) is 0 Å². The highest BCUT2D eigenvalue weighted by Crippen LogP contribution is 2.10. The van der Waals surface area contributed by atoms with E-state index in [2.05, 4.69) is 15.5 Å². The lowest BCUT2D eigenvalue weighted by Gasteiger charge is -2.10. The summed E-state index contributed by atoms with van der Waals surface area (Å²) in [6.45, 7) is 6.24. The van der Waals surface area contributed by atoms with E-state index in [1.54, 1.807) is 28.9 Å². The van der Waals surface area contributed by atoms with Gasteiger partial charge in [0.1, 0.15) is 11.2 Å². The maximum absolute atomic E-state index is 12.5. The van der Waals surface area contributed by atoms with Crippen LogP contribution in [-0.2, 0) is 6.54 Å². The van der Waals surface area contributed by atoms with Gasteiger partial charge in [-0.15, -0.1) is 0 Å². The van der Waals surface area contributed by atoms with Gasteiger partial charge in [-0.05, 0) is 39.0 Å². The zero-order chi connectivity index (χ0) is 16.1. The Morgan fingerprint density at radius 2 is 2.23 bits per heavy atom. The number of allylic oxidation sites excluding steroid dienone is 2. The molecule has 0 atom stereocenters. The SMILES string of the molecule is C/C=C/C=N/NC(=O)c1cn(CC)c2nc(C)ccc2c1=O. The molecule has 1 amide bonds. The second kappa shape index (κ2) is 6.80. The summed E-state index contributed by atoms with van der Waals surface area (Å²) in [6, 6.07) is 3.46. The first kappa shape index (κ1) is 15.6. The van der Waals surface area contributed by atoms with Crippen molar-refractivity contribution < 1.29 is 4.79 Å². The van der Waals surface area contributed by atoms with Gasteiger partial charge in [0.05, 0.1) is 5.39 Å². The van der Waals surface area contributed by atoms with Crippen LogP contribution in [0.1, 0.15) is 29.9 Å². The van der Waals surface area contributed by atoms with Crippen molar-refractivity contribution in [3.05, 3.63) is 52.0 Å². The highest BCUT2D eigenvalue weighted by molar-refractivity contribution is 5.97. The molecule has 6 heteroatoms. The predicted molar refractivity (Wildman–Crippen MR) is 87.2 cm³/mol. The van der Waals surface area contributed by atoms with Gasteiger partial charge in [-0.3, -0.25) is 9.59 Å². The highest BCUT2D eigenvalue weighted by Gasteiger charge is 2.15. The van der Waals surface area contributed by atoms with E-state index < -0.39 is 5.91 Å². The maximum atomic E-state index is 12.5. The Morgan fingerprint density at radius 1 is 1.45 bits per heavy atom. The standard InChI is InChI=1S/C16H18N4O2/c1-4-6-9-17-19-16(22)13-10-20(5-2)15-12(14(13)21)8-7-11(3)18-15/h4,6-10H,5H2,1-3H3,(H,19,22)/b6-4+,17-9+. The molecule has 0 fully saturated rings. The lowest BCUT2D eigenvalue weighted by Crippen LogP contribution is -2.27. The fourth-order valence-electron chi connectivity index (χ4n) is 2.05. The maximum Gasteiger partial charge on any atom is 0.276 e. The number of aromatic nitrogens is 2. The van der Waals surface area contributed by atoms with Gasteiger partial charge < -0.3 is 4.57 Å². The molecule has 0 saturated heterocycles. The average Bonchev–Trinajstić information content (AvgIpc) is 2.51. The lowest BCUT2D eigenvalue weighted by molar-refractivity contribution is 0.0953. The third-order valence-electron chi connectivity index (χ3n) is 3.17. The Bertz CT molecular complexity index is 819. The van der Waals surface area contributed by atoms with Crippen molar-refractivity contribution in [1.82, 2.24) is 15.0 Å². The van der Waals surface area contributed by atoms with Crippen molar-refractivity contribution in [2.75, 3.05) is 0 Å². The summed E-state index contributed by atoms with van der Waals surface area (Å²) in [5.74, 6) is -0.532. The van der Waals surface area contributed by atoms with E-state index in [-0.39, 0.29) is 11.0 Å². The van der Waals surface area contributed by atoms with E-state index in [4.69, 9.17) is 0 Å². The second-order valence-corrected chi connectivity index (χ2v) is 4.73. The number of fused-ring (bicyclic) bond motifs is 1. The van der Waals surface area contributed by atoms with Gasteiger partial charge in [0.15, 0.2) is 0 Å². The smallest absolute Gasteiger partial charge is 0.276 e. The minimum atomic E-state index is -0.532. The van der Waals surface area contributed by atoms with Crippen molar-refractivity contribution in [2.24, 2.45) is 5.10 Å². The van der Waals surface area contributed by atoms with Crippen molar-refractivity contribution in [3.63, 3.8) is 0 Å². The quantitative estimate of drug-likeness (QED) is 0.693. The minimum absolute atomic E-state index is 0.0534. The molecular formula is C16H18N4O2. The zero-order valence-electron chi connectivity index (χ0n) is 12.8. The number of aryl methyl sites for hydroxylation is 2. The average molecular weight is 298 g/mol. The van der Waals surface area contributed by atoms with Gasteiger partial charge in [0, 0.05) is 24.7 Å². The fourth-order valence-corrected chi connectivity index (χ4v) is 2.05. The first-order chi connectivity index (χ1) is 10.6. The lowest BCUT2D eigenvalue weighted by atomic mass is 10.1. The molecule has 2 aromatic heterocycles. The highest BCUT2D eigenvalue weighted by atomic mass is 16.2. The number of carbonyl (C=O) groups excluding carboxylic acids is 1. The van der Waals surface area contributed by atoms with E-state index in [0.717, 1.165) is 5.69 Å². The molecule has 0 spiro atoms. The Balaban J connectivity index is 2.51. The van der Waals surface area contributed by atoms with Crippen LogP contribution in [-0.4, -0.2) is 21.7 Å². The van der Waals surface area contributed by atoms with Gasteiger partial charge in [-0.2, -0.15) is 5.10 Å². The van der Waals surface area contributed by atoms with Gasteiger partial charge >= 0.3 is 0 Å². The second-order valence-electron chi connectivity index (χ2n) is 4.73. The molecular weight excluding hydrogens is 280 g/mol. The van der Waals surface area contributed by atoms with Gasteiger partial charge in [0.25, 0.3) is 5.91 Å². The number of amides is 1. The molecule has 0 aliphatic carbocycles. The third kappa shape index (κ3) is 3.11.